The summed E-state index contributed by atoms with van der Waals surface area (Å²) in [7, 11) is 5.13. The SMILES string of the molecule is COc1ccc(CN=C(N)NCc2cnn(C)c2C)cc1OC. The average molecular weight is 317 g/mol. The second kappa shape index (κ2) is 7.53. The molecule has 0 fully saturated rings. The van der Waals surface area contributed by atoms with Gasteiger partial charge < -0.3 is 20.5 Å². The number of aliphatic imine (C=N–C) groups is 1. The summed E-state index contributed by atoms with van der Waals surface area (Å²) in [5.41, 5.74) is 9.10. The van der Waals surface area contributed by atoms with E-state index in [4.69, 9.17) is 15.2 Å². The highest BCUT2D eigenvalue weighted by molar-refractivity contribution is 5.77. The molecule has 0 saturated carbocycles. The first kappa shape index (κ1) is 16.7. The summed E-state index contributed by atoms with van der Waals surface area (Å²) in [6.07, 6.45) is 1.82. The van der Waals surface area contributed by atoms with Crippen LogP contribution in [0.4, 0.5) is 0 Å². The second-order valence-corrected chi connectivity index (χ2v) is 5.12. The lowest BCUT2D eigenvalue weighted by molar-refractivity contribution is 0.354. The minimum atomic E-state index is 0.392. The van der Waals surface area contributed by atoms with Gasteiger partial charge in [0.05, 0.1) is 27.0 Å². The Morgan fingerprint density at radius 3 is 2.65 bits per heavy atom. The molecule has 0 aliphatic rings. The molecule has 124 valence electrons. The summed E-state index contributed by atoms with van der Waals surface area (Å²) in [5, 5.41) is 7.29. The Balaban J connectivity index is 1.95. The highest BCUT2D eigenvalue weighted by atomic mass is 16.5. The lowest BCUT2D eigenvalue weighted by atomic mass is 10.2. The summed E-state index contributed by atoms with van der Waals surface area (Å²) in [6, 6.07) is 5.68. The highest BCUT2D eigenvalue weighted by Crippen LogP contribution is 2.27. The molecule has 0 saturated heterocycles. The molecule has 7 nitrogen and oxygen atoms in total. The standard InChI is InChI=1S/C16H23N5O2/c1-11-13(10-20-21(11)2)9-19-16(17)18-8-12-5-6-14(22-3)15(7-12)23-4/h5-7,10H,8-9H2,1-4H3,(H3,17,18,19). The van der Waals surface area contributed by atoms with Crippen molar-refractivity contribution in [2.24, 2.45) is 17.8 Å². The fourth-order valence-corrected chi connectivity index (χ4v) is 2.11. The first-order chi connectivity index (χ1) is 11.0. The molecule has 0 spiro atoms. The average Bonchev–Trinajstić information content (AvgIpc) is 2.89. The van der Waals surface area contributed by atoms with Crippen LogP contribution in [0.15, 0.2) is 29.4 Å². The van der Waals surface area contributed by atoms with Crippen molar-refractivity contribution in [3.63, 3.8) is 0 Å². The summed E-state index contributed by atoms with van der Waals surface area (Å²) >= 11 is 0. The van der Waals surface area contributed by atoms with Crippen molar-refractivity contribution in [3.05, 3.63) is 41.2 Å². The van der Waals surface area contributed by atoms with E-state index in [-0.39, 0.29) is 0 Å². The number of hydrogen-bond acceptors (Lipinski definition) is 4. The molecule has 23 heavy (non-hydrogen) atoms. The number of aromatic nitrogens is 2. The highest BCUT2D eigenvalue weighted by Gasteiger charge is 2.05. The van der Waals surface area contributed by atoms with Crippen molar-refractivity contribution in [2.75, 3.05) is 14.2 Å². The Hall–Kier alpha value is -2.70. The normalized spacial score (nSPS) is 11.4. The van der Waals surface area contributed by atoms with Crippen LogP contribution in [0.3, 0.4) is 0 Å². The molecule has 1 heterocycles. The molecular formula is C16H23N5O2. The van der Waals surface area contributed by atoms with E-state index in [0.717, 1.165) is 16.8 Å². The molecule has 0 bridgehead atoms. The maximum absolute atomic E-state index is 5.91. The van der Waals surface area contributed by atoms with E-state index in [1.165, 1.54) is 0 Å². The third kappa shape index (κ3) is 4.15. The van der Waals surface area contributed by atoms with Crippen LogP contribution in [0, 0.1) is 6.92 Å². The van der Waals surface area contributed by atoms with Gasteiger partial charge in [-0.15, -0.1) is 0 Å². The predicted octanol–water partition coefficient (Wildman–Crippen LogP) is 1.35. The van der Waals surface area contributed by atoms with Crippen LogP contribution >= 0.6 is 0 Å². The third-order valence-corrected chi connectivity index (χ3v) is 3.68. The van der Waals surface area contributed by atoms with Crippen molar-refractivity contribution in [1.29, 1.82) is 0 Å². The molecule has 0 amide bonds. The van der Waals surface area contributed by atoms with E-state index in [1.807, 2.05) is 43.0 Å². The minimum Gasteiger partial charge on any atom is -0.493 e. The molecular weight excluding hydrogens is 294 g/mol. The number of benzene rings is 1. The van der Waals surface area contributed by atoms with Gasteiger partial charge in [0.15, 0.2) is 17.5 Å². The number of methoxy groups -OCH3 is 2. The van der Waals surface area contributed by atoms with Gasteiger partial charge in [0, 0.05) is 24.8 Å². The van der Waals surface area contributed by atoms with E-state index < -0.39 is 0 Å². The van der Waals surface area contributed by atoms with Crippen molar-refractivity contribution < 1.29 is 9.47 Å². The van der Waals surface area contributed by atoms with Gasteiger partial charge in [-0.05, 0) is 24.6 Å². The van der Waals surface area contributed by atoms with Crippen LogP contribution in [0.5, 0.6) is 11.5 Å². The second-order valence-electron chi connectivity index (χ2n) is 5.12. The monoisotopic (exact) mass is 317 g/mol. The van der Waals surface area contributed by atoms with Crippen molar-refractivity contribution in [3.8, 4) is 11.5 Å². The fraction of sp³-hybridized carbons (Fsp3) is 0.375. The molecule has 0 unspecified atom stereocenters. The maximum atomic E-state index is 5.91. The first-order valence-corrected chi connectivity index (χ1v) is 7.27. The number of hydrogen-bond donors (Lipinski definition) is 2. The lowest BCUT2D eigenvalue weighted by Crippen LogP contribution is -2.31. The molecule has 0 atom stereocenters. The lowest BCUT2D eigenvalue weighted by Gasteiger charge is -2.09. The number of aryl methyl sites for hydroxylation is 1. The number of guanidine groups is 1. The van der Waals surface area contributed by atoms with E-state index in [0.29, 0.717) is 30.5 Å². The number of rotatable bonds is 6. The van der Waals surface area contributed by atoms with Crippen molar-refractivity contribution in [2.45, 2.75) is 20.0 Å². The van der Waals surface area contributed by atoms with E-state index >= 15 is 0 Å². The van der Waals surface area contributed by atoms with Gasteiger partial charge in [-0.1, -0.05) is 6.07 Å². The molecule has 2 rings (SSSR count). The third-order valence-electron chi connectivity index (χ3n) is 3.68. The van der Waals surface area contributed by atoms with Gasteiger partial charge in [0.2, 0.25) is 0 Å². The smallest absolute Gasteiger partial charge is 0.189 e. The molecule has 3 N–H and O–H groups in total. The number of nitrogens with one attached hydrogen (secondary N) is 1. The summed E-state index contributed by atoms with van der Waals surface area (Å²) in [5.74, 6) is 1.76. The molecule has 1 aromatic carbocycles. The Labute approximate surface area is 136 Å². The van der Waals surface area contributed by atoms with Gasteiger partial charge in [0.25, 0.3) is 0 Å². The predicted molar refractivity (Wildman–Crippen MR) is 89.7 cm³/mol. The fourth-order valence-electron chi connectivity index (χ4n) is 2.11. The van der Waals surface area contributed by atoms with Crippen molar-refractivity contribution in [1.82, 2.24) is 15.1 Å². The summed E-state index contributed by atoms with van der Waals surface area (Å²) in [4.78, 5) is 4.34. The van der Waals surface area contributed by atoms with Crippen molar-refractivity contribution >= 4 is 5.96 Å². The molecule has 0 aliphatic carbocycles. The van der Waals surface area contributed by atoms with Crippen LogP contribution < -0.4 is 20.5 Å². The zero-order valence-corrected chi connectivity index (χ0v) is 14.0. The van der Waals surface area contributed by atoms with Gasteiger partial charge in [-0.25, -0.2) is 4.99 Å². The van der Waals surface area contributed by atoms with Crippen LogP contribution in [0.25, 0.3) is 0 Å². The Morgan fingerprint density at radius 2 is 2.04 bits per heavy atom. The largest absolute Gasteiger partial charge is 0.493 e. The first-order valence-electron chi connectivity index (χ1n) is 7.27. The van der Waals surface area contributed by atoms with Crippen LogP contribution in [0.2, 0.25) is 0 Å². The molecule has 1 aromatic heterocycles. The molecule has 0 radical (unpaired) electrons. The van der Waals surface area contributed by atoms with E-state index in [2.05, 4.69) is 15.4 Å². The number of ether oxygens (including phenoxy) is 2. The maximum Gasteiger partial charge on any atom is 0.189 e. The number of nitrogens with two attached hydrogens (primary N) is 1. The van der Waals surface area contributed by atoms with E-state index in [9.17, 15) is 0 Å². The van der Waals surface area contributed by atoms with E-state index in [1.54, 1.807) is 14.2 Å². The molecule has 2 aromatic rings. The Bertz CT molecular complexity index is 694. The zero-order valence-electron chi connectivity index (χ0n) is 14.0. The zero-order chi connectivity index (χ0) is 16.8. The molecule has 0 aliphatic heterocycles. The summed E-state index contributed by atoms with van der Waals surface area (Å²) < 4.78 is 12.3. The summed E-state index contributed by atoms with van der Waals surface area (Å²) in [6.45, 7) is 3.08. The quantitative estimate of drug-likeness (QED) is 0.620. The van der Waals surface area contributed by atoms with Gasteiger partial charge in [-0.2, -0.15) is 5.10 Å². The van der Waals surface area contributed by atoms with Crippen LogP contribution in [-0.2, 0) is 20.1 Å². The van der Waals surface area contributed by atoms with Crippen LogP contribution in [-0.4, -0.2) is 30.0 Å². The topological polar surface area (TPSA) is 86.7 Å². The minimum absolute atomic E-state index is 0.392. The Kier molecular flexibility index (Phi) is 5.46. The Morgan fingerprint density at radius 1 is 1.30 bits per heavy atom. The van der Waals surface area contributed by atoms with Gasteiger partial charge in [-0.3, -0.25) is 4.68 Å². The van der Waals surface area contributed by atoms with Gasteiger partial charge in [0.1, 0.15) is 0 Å². The number of nitrogens with zero attached hydrogens (tertiary/aromatic N) is 3. The molecule has 7 heteroatoms. The van der Waals surface area contributed by atoms with Crippen LogP contribution in [0.1, 0.15) is 16.8 Å². The van der Waals surface area contributed by atoms with Gasteiger partial charge >= 0.3 is 0 Å².